The van der Waals surface area contributed by atoms with Gasteiger partial charge in [-0.15, -0.1) is 0 Å². The maximum absolute atomic E-state index is 12.7. The maximum Gasteiger partial charge on any atom is 0.306 e. The number of carbonyl (C=O) groups is 3. The average Bonchev–Trinajstić information content (AvgIpc) is 3.18. The number of allylic oxidation sites excluding steroid dienone is 6. The van der Waals surface area contributed by atoms with Crippen molar-refractivity contribution in [2.24, 2.45) is 0 Å². The Morgan fingerprint density at radius 1 is 0.382 bits per heavy atom. The second-order valence-electron chi connectivity index (χ2n) is 15.6. The molecule has 1 unspecified atom stereocenters. The molecule has 0 bridgehead atoms. The predicted octanol–water partition coefficient (Wildman–Crippen LogP) is 15.0. The monoisotopic (exact) mass is 773 g/mol. The fourth-order valence-corrected chi connectivity index (χ4v) is 6.58. The number of hydrogen-bond donors (Lipinski definition) is 0. The highest BCUT2D eigenvalue weighted by Gasteiger charge is 2.19. The molecule has 320 valence electrons. The largest absolute Gasteiger partial charge is 0.462 e. The molecule has 0 aliphatic rings. The third-order valence-corrected chi connectivity index (χ3v) is 10.1. The standard InChI is InChI=1S/C49H88O6/c1-4-7-10-13-16-19-21-22-23-24-25-26-27-28-31-33-36-39-42-48(51)54-45-46(44-53-47(50)41-38-35-32-29-18-15-12-9-6-3)55-49(52)43-40-37-34-30-20-17-14-11-8-5-2/h9,12,14,17-18,29,46H,4-8,10-11,13,15-16,19-28,30-45H2,1-3H3/b12-9-,17-14-,29-18-. The van der Waals surface area contributed by atoms with Gasteiger partial charge in [0, 0.05) is 19.3 Å². The van der Waals surface area contributed by atoms with E-state index in [1.807, 2.05) is 0 Å². The number of carbonyl (C=O) groups excluding carboxylic acids is 3. The molecule has 0 saturated heterocycles. The lowest BCUT2D eigenvalue weighted by Gasteiger charge is -2.18. The molecule has 0 N–H and O–H groups in total. The highest BCUT2D eigenvalue weighted by atomic mass is 16.6. The van der Waals surface area contributed by atoms with Gasteiger partial charge in [-0.25, -0.2) is 0 Å². The zero-order valence-electron chi connectivity index (χ0n) is 36.4. The van der Waals surface area contributed by atoms with E-state index >= 15 is 0 Å². The van der Waals surface area contributed by atoms with Crippen LogP contribution in [0, 0.1) is 0 Å². The van der Waals surface area contributed by atoms with Crippen molar-refractivity contribution >= 4 is 17.9 Å². The summed E-state index contributed by atoms with van der Waals surface area (Å²) in [5.74, 6) is -0.934. The normalized spacial score (nSPS) is 12.3. The van der Waals surface area contributed by atoms with Crippen LogP contribution >= 0.6 is 0 Å². The summed E-state index contributed by atoms with van der Waals surface area (Å²) < 4.78 is 16.6. The van der Waals surface area contributed by atoms with Gasteiger partial charge in [-0.05, 0) is 64.2 Å². The van der Waals surface area contributed by atoms with E-state index < -0.39 is 6.10 Å². The van der Waals surface area contributed by atoms with Crippen molar-refractivity contribution in [1.29, 1.82) is 0 Å². The van der Waals surface area contributed by atoms with Gasteiger partial charge in [0.1, 0.15) is 13.2 Å². The van der Waals surface area contributed by atoms with Crippen LogP contribution in [0.1, 0.15) is 239 Å². The summed E-state index contributed by atoms with van der Waals surface area (Å²) in [4.78, 5) is 37.6. The predicted molar refractivity (Wildman–Crippen MR) is 233 cm³/mol. The fourth-order valence-electron chi connectivity index (χ4n) is 6.58. The third kappa shape index (κ3) is 42.6. The number of ether oxygens (including phenoxy) is 3. The van der Waals surface area contributed by atoms with E-state index in [9.17, 15) is 14.4 Å². The molecule has 0 heterocycles. The number of rotatable bonds is 42. The Hall–Kier alpha value is -2.37. The van der Waals surface area contributed by atoms with Gasteiger partial charge in [-0.2, -0.15) is 0 Å². The lowest BCUT2D eigenvalue weighted by Crippen LogP contribution is -2.30. The Morgan fingerprint density at radius 3 is 1.20 bits per heavy atom. The summed E-state index contributed by atoms with van der Waals surface area (Å²) in [7, 11) is 0. The van der Waals surface area contributed by atoms with Crippen molar-refractivity contribution in [3.63, 3.8) is 0 Å². The van der Waals surface area contributed by atoms with Crippen LogP contribution in [0.15, 0.2) is 36.5 Å². The van der Waals surface area contributed by atoms with Crippen LogP contribution in [0.5, 0.6) is 0 Å². The molecular weight excluding hydrogens is 685 g/mol. The summed E-state index contributed by atoms with van der Waals surface area (Å²) in [6, 6.07) is 0. The van der Waals surface area contributed by atoms with Crippen molar-refractivity contribution in [3.8, 4) is 0 Å². The van der Waals surface area contributed by atoms with Crippen LogP contribution in [0.2, 0.25) is 0 Å². The maximum atomic E-state index is 12.7. The van der Waals surface area contributed by atoms with Gasteiger partial charge in [-0.3, -0.25) is 14.4 Å². The van der Waals surface area contributed by atoms with Crippen LogP contribution in [0.4, 0.5) is 0 Å². The van der Waals surface area contributed by atoms with Crippen molar-refractivity contribution in [3.05, 3.63) is 36.5 Å². The molecule has 6 heteroatoms. The molecule has 0 radical (unpaired) electrons. The minimum atomic E-state index is -0.784. The molecule has 1 atom stereocenters. The van der Waals surface area contributed by atoms with E-state index in [-0.39, 0.29) is 31.1 Å². The first-order valence-electron chi connectivity index (χ1n) is 23.5. The number of hydrogen-bond acceptors (Lipinski definition) is 6. The smallest absolute Gasteiger partial charge is 0.306 e. The SMILES string of the molecule is CC/C=C\C/C=C\CCCCC(=O)OCC(COC(=O)CCCCCCCCCCCCCCCCCCCC)OC(=O)CCCCCC/C=C\CCCC. The summed E-state index contributed by atoms with van der Waals surface area (Å²) in [6.45, 7) is 6.43. The quantitative estimate of drug-likeness (QED) is 0.0266. The zero-order valence-corrected chi connectivity index (χ0v) is 36.4. The minimum Gasteiger partial charge on any atom is -0.462 e. The number of esters is 3. The molecule has 0 aliphatic carbocycles. The van der Waals surface area contributed by atoms with E-state index in [2.05, 4.69) is 57.2 Å². The Morgan fingerprint density at radius 2 is 0.727 bits per heavy atom. The molecule has 55 heavy (non-hydrogen) atoms. The van der Waals surface area contributed by atoms with Crippen LogP contribution in [0.3, 0.4) is 0 Å². The van der Waals surface area contributed by atoms with Gasteiger partial charge >= 0.3 is 17.9 Å². The zero-order chi connectivity index (χ0) is 40.1. The molecule has 0 fully saturated rings. The van der Waals surface area contributed by atoms with E-state index in [4.69, 9.17) is 14.2 Å². The highest BCUT2D eigenvalue weighted by molar-refractivity contribution is 5.71. The van der Waals surface area contributed by atoms with E-state index in [1.165, 1.54) is 109 Å². The lowest BCUT2D eigenvalue weighted by atomic mass is 10.0. The van der Waals surface area contributed by atoms with Crippen molar-refractivity contribution in [2.45, 2.75) is 245 Å². The fraction of sp³-hybridized carbons (Fsp3) is 0.816. The van der Waals surface area contributed by atoms with E-state index in [0.29, 0.717) is 19.3 Å². The van der Waals surface area contributed by atoms with Gasteiger partial charge in [0.05, 0.1) is 0 Å². The number of unbranched alkanes of at least 4 members (excludes halogenated alkanes) is 25. The minimum absolute atomic E-state index is 0.0848. The van der Waals surface area contributed by atoms with Gasteiger partial charge in [-0.1, -0.05) is 192 Å². The first-order valence-corrected chi connectivity index (χ1v) is 23.5. The molecule has 0 aromatic carbocycles. The van der Waals surface area contributed by atoms with Crippen molar-refractivity contribution in [2.75, 3.05) is 13.2 Å². The molecular formula is C49H88O6. The molecule has 0 amide bonds. The second-order valence-corrected chi connectivity index (χ2v) is 15.6. The molecule has 0 aromatic rings. The average molecular weight is 773 g/mol. The summed E-state index contributed by atoms with van der Waals surface area (Å²) >= 11 is 0. The first kappa shape index (κ1) is 52.6. The molecule has 0 aliphatic heterocycles. The molecule has 0 aromatic heterocycles. The summed E-state index contributed by atoms with van der Waals surface area (Å²) in [6.07, 6.45) is 50.1. The Bertz CT molecular complexity index is 938. The lowest BCUT2D eigenvalue weighted by molar-refractivity contribution is -0.167. The van der Waals surface area contributed by atoms with Crippen molar-refractivity contribution < 1.29 is 28.6 Å². The van der Waals surface area contributed by atoms with Gasteiger partial charge in [0.2, 0.25) is 0 Å². The first-order chi connectivity index (χ1) is 27.0. The van der Waals surface area contributed by atoms with Crippen LogP contribution in [-0.2, 0) is 28.6 Å². The van der Waals surface area contributed by atoms with Gasteiger partial charge in [0.15, 0.2) is 6.10 Å². The third-order valence-electron chi connectivity index (χ3n) is 10.1. The van der Waals surface area contributed by atoms with Gasteiger partial charge < -0.3 is 14.2 Å². The topological polar surface area (TPSA) is 78.9 Å². The van der Waals surface area contributed by atoms with Crippen LogP contribution in [-0.4, -0.2) is 37.2 Å². The van der Waals surface area contributed by atoms with E-state index in [1.54, 1.807) is 0 Å². The van der Waals surface area contributed by atoms with Crippen LogP contribution < -0.4 is 0 Å². The van der Waals surface area contributed by atoms with E-state index in [0.717, 1.165) is 89.9 Å². The molecule has 0 spiro atoms. The molecule has 0 rings (SSSR count). The van der Waals surface area contributed by atoms with Gasteiger partial charge in [0.25, 0.3) is 0 Å². The summed E-state index contributed by atoms with van der Waals surface area (Å²) in [5, 5.41) is 0. The summed E-state index contributed by atoms with van der Waals surface area (Å²) in [5.41, 5.74) is 0. The Kier molecular flexibility index (Phi) is 42.4. The molecule has 6 nitrogen and oxygen atoms in total. The molecule has 0 saturated carbocycles. The Labute approximate surface area is 340 Å². The highest BCUT2D eigenvalue weighted by Crippen LogP contribution is 2.15. The Balaban J connectivity index is 4.26. The second kappa shape index (κ2) is 44.3. The van der Waals surface area contributed by atoms with Crippen LogP contribution in [0.25, 0.3) is 0 Å². The van der Waals surface area contributed by atoms with Crippen molar-refractivity contribution in [1.82, 2.24) is 0 Å².